The van der Waals surface area contributed by atoms with Gasteiger partial charge in [0.2, 0.25) is 0 Å². The topological polar surface area (TPSA) is 95.7 Å². The Morgan fingerprint density at radius 3 is 2.68 bits per heavy atom. The number of nitrogens with zero attached hydrogens (tertiary/aromatic N) is 2. The van der Waals surface area contributed by atoms with Crippen LogP contribution < -0.4 is 5.32 Å². The van der Waals surface area contributed by atoms with Gasteiger partial charge in [-0.3, -0.25) is 10.1 Å². The van der Waals surface area contributed by atoms with E-state index in [2.05, 4.69) is 5.32 Å². The van der Waals surface area contributed by atoms with Gasteiger partial charge in [-0.25, -0.2) is 4.79 Å². The van der Waals surface area contributed by atoms with Gasteiger partial charge in [0.15, 0.2) is 0 Å². The molecule has 0 heterocycles. The predicted molar refractivity (Wildman–Crippen MR) is 70.3 cm³/mol. The van der Waals surface area contributed by atoms with E-state index in [1.165, 1.54) is 12.1 Å². The van der Waals surface area contributed by atoms with Crippen molar-refractivity contribution in [3.05, 3.63) is 39.4 Å². The summed E-state index contributed by atoms with van der Waals surface area (Å²) in [5.41, 5.74) is -0.204. The average Bonchev–Trinajstić information content (AvgIpc) is 2.33. The Morgan fingerprint density at radius 1 is 1.47 bits per heavy atom. The average molecular weight is 267 g/mol. The molecule has 0 fully saturated rings. The van der Waals surface area contributed by atoms with Crippen LogP contribution in [-0.2, 0) is 6.54 Å². The summed E-state index contributed by atoms with van der Waals surface area (Å²) in [5.74, 6) is -1.28. The summed E-state index contributed by atoms with van der Waals surface area (Å²) in [6, 6.07) is 4.28. The molecule has 1 rings (SSSR count). The number of carbonyl (C=O) groups is 1. The highest BCUT2D eigenvalue weighted by molar-refractivity contribution is 5.94. The van der Waals surface area contributed by atoms with Gasteiger partial charge in [-0.1, -0.05) is 12.1 Å². The number of hydrogen-bond donors (Lipinski definition) is 2. The van der Waals surface area contributed by atoms with Crippen LogP contribution >= 0.6 is 0 Å². The number of benzene rings is 1. The number of nitrogens with one attached hydrogen (secondary N) is 1. The van der Waals surface area contributed by atoms with E-state index >= 15 is 0 Å². The molecule has 19 heavy (non-hydrogen) atoms. The molecule has 0 aliphatic carbocycles. The Morgan fingerprint density at radius 2 is 2.16 bits per heavy atom. The molecule has 0 radical (unpaired) electrons. The van der Waals surface area contributed by atoms with E-state index in [1.54, 1.807) is 6.07 Å². The van der Waals surface area contributed by atoms with E-state index in [4.69, 9.17) is 5.11 Å². The lowest BCUT2D eigenvalue weighted by Crippen LogP contribution is -2.26. The number of carboxylic acid groups (broad SMARTS) is 1. The molecule has 0 aliphatic rings. The summed E-state index contributed by atoms with van der Waals surface area (Å²) in [7, 11) is 3.86. The van der Waals surface area contributed by atoms with Crippen molar-refractivity contribution in [2.24, 2.45) is 0 Å². The fraction of sp³-hybridized carbons (Fsp3) is 0.417. The van der Waals surface area contributed by atoms with Crippen LogP contribution in [0.2, 0.25) is 0 Å². The summed E-state index contributed by atoms with van der Waals surface area (Å²) < 4.78 is 0. The van der Waals surface area contributed by atoms with Gasteiger partial charge >= 0.3 is 5.97 Å². The van der Waals surface area contributed by atoms with Crippen molar-refractivity contribution in [2.45, 2.75) is 6.54 Å². The predicted octanol–water partition coefficient (Wildman–Crippen LogP) is 0.944. The number of aromatic carboxylic acids is 1. The van der Waals surface area contributed by atoms with Crippen molar-refractivity contribution < 1.29 is 14.8 Å². The Bertz CT molecular complexity index is 474. The number of carboxylic acids is 1. The normalized spacial score (nSPS) is 10.7. The second-order valence-electron chi connectivity index (χ2n) is 4.35. The summed E-state index contributed by atoms with van der Waals surface area (Å²) in [5, 5.41) is 23.0. The maximum atomic E-state index is 11.1. The van der Waals surface area contributed by atoms with E-state index in [0.717, 1.165) is 6.54 Å². The van der Waals surface area contributed by atoms with E-state index in [0.29, 0.717) is 12.1 Å². The minimum atomic E-state index is -1.28. The third kappa shape index (κ3) is 4.31. The molecule has 0 spiro atoms. The quantitative estimate of drug-likeness (QED) is 0.433. The van der Waals surface area contributed by atoms with E-state index in [-0.39, 0.29) is 17.8 Å². The van der Waals surface area contributed by atoms with Gasteiger partial charge in [0.25, 0.3) is 5.69 Å². The molecule has 7 nitrogen and oxygen atoms in total. The number of nitro benzene ring substituents is 1. The van der Waals surface area contributed by atoms with E-state index in [1.807, 2.05) is 19.0 Å². The Labute approximate surface area is 111 Å². The van der Waals surface area contributed by atoms with Crippen molar-refractivity contribution in [1.29, 1.82) is 0 Å². The van der Waals surface area contributed by atoms with Crippen LogP contribution in [0, 0.1) is 10.1 Å². The van der Waals surface area contributed by atoms with E-state index < -0.39 is 10.9 Å². The molecule has 0 unspecified atom stereocenters. The summed E-state index contributed by atoms with van der Waals surface area (Å²) >= 11 is 0. The molecule has 7 heteroatoms. The molecule has 0 bridgehead atoms. The first kappa shape index (κ1) is 15.1. The van der Waals surface area contributed by atoms with Crippen LogP contribution in [0.1, 0.15) is 15.9 Å². The van der Waals surface area contributed by atoms with Gasteiger partial charge in [0.05, 0.1) is 4.92 Å². The second-order valence-corrected chi connectivity index (χ2v) is 4.35. The Kier molecular flexibility index (Phi) is 5.40. The molecular formula is C12H17N3O4. The molecule has 104 valence electrons. The second kappa shape index (κ2) is 6.81. The van der Waals surface area contributed by atoms with Crippen molar-refractivity contribution in [1.82, 2.24) is 10.2 Å². The molecule has 0 saturated carbocycles. The number of hydrogen-bond acceptors (Lipinski definition) is 5. The summed E-state index contributed by atoms with van der Waals surface area (Å²) in [4.78, 5) is 23.3. The van der Waals surface area contributed by atoms with Gasteiger partial charge in [0.1, 0.15) is 5.56 Å². The van der Waals surface area contributed by atoms with Crippen LogP contribution in [0.25, 0.3) is 0 Å². The smallest absolute Gasteiger partial charge is 0.343 e. The zero-order valence-corrected chi connectivity index (χ0v) is 10.9. The molecule has 1 aromatic carbocycles. The molecule has 0 aromatic heterocycles. The van der Waals surface area contributed by atoms with Crippen LogP contribution in [0.3, 0.4) is 0 Å². The summed E-state index contributed by atoms with van der Waals surface area (Å²) in [6.07, 6.45) is 0. The SMILES string of the molecule is CN(C)CCNCc1cccc([N+](=O)[O-])c1C(=O)O. The van der Waals surface area contributed by atoms with Gasteiger partial charge in [0, 0.05) is 25.7 Å². The zero-order chi connectivity index (χ0) is 14.4. The first-order chi connectivity index (χ1) is 8.93. The Hall–Kier alpha value is -1.99. The summed E-state index contributed by atoms with van der Waals surface area (Å²) in [6.45, 7) is 1.77. The number of nitro groups is 1. The minimum absolute atomic E-state index is 0.246. The molecule has 0 atom stereocenters. The fourth-order valence-electron chi connectivity index (χ4n) is 1.66. The monoisotopic (exact) mass is 267 g/mol. The Balaban J connectivity index is 2.85. The van der Waals surface area contributed by atoms with Crippen LogP contribution in [-0.4, -0.2) is 48.1 Å². The molecular weight excluding hydrogens is 250 g/mol. The third-order valence-electron chi connectivity index (χ3n) is 2.59. The first-order valence-electron chi connectivity index (χ1n) is 5.78. The molecule has 2 N–H and O–H groups in total. The van der Waals surface area contributed by atoms with Crippen molar-refractivity contribution in [2.75, 3.05) is 27.2 Å². The largest absolute Gasteiger partial charge is 0.477 e. The molecule has 1 aromatic rings. The standard InChI is InChI=1S/C12H17N3O4/c1-14(2)7-6-13-8-9-4-3-5-10(15(18)19)11(9)12(16)17/h3-5,13H,6-8H2,1-2H3,(H,16,17). The van der Waals surface area contributed by atoms with Gasteiger partial charge in [-0.05, 0) is 19.7 Å². The fourth-order valence-corrected chi connectivity index (χ4v) is 1.66. The highest BCUT2D eigenvalue weighted by atomic mass is 16.6. The highest BCUT2D eigenvalue weighted by Crippen LogP contribution is 2.22. The maximum Gasteiger partial charge on any atom is 0.343 e. The van der Waals surface area contributed by atoms with Crippen LogP contribution in [0.4, 0.5) is 5.69 Å². The van der Waals surface area contributed by atoms with Crippen LogP contribution in [0.5, 0.6) is 0 Å². The lowest BCUT2D eigenvalue weighted by Gasteiger charge is -2.11. The van der Waals surface area contributed by atoms with Crippen molar-refractivity contribution >= 4 is 11.7 Å². The lowest BCUT2D eigenvalue weighted by molar-refractivity contribution is -0.385. The maximum absolute atomic E-state index is 11.1. The van der Waals surface area contributed by atoms with Gasteiger partial charge in [-0.2, -0.15) is 0 Å². The third-order valence-corrected chi connectivity index (χ3v) is 2.59. The van der Waals surface area contributed by atoms with Gasteiger partial charge in [-0.15, -0.1) is 0 Å². The first-order valence-corrected chi connectivity index (χ1v) is 5.78. The van der Waals surface area contributed by atoms with Crippen molar-refractivity contribution in [3.63, 3.8) is 0 Å². The number of likely N-dealkylation sites (N-methyl/N-ethyl adjacent to an activating group) is 1. The molecule has 0 saturated heterocycles. The zero-order valence-electron chi connectivity index (χ0n) is 10.9. The highest BCUT2D eigenvalue weighted by Gasteiger charge is 2.22. The number of rotatable bonds is 7. The molecule has 0 amide bonds. The van der Waals surface area contributed by atoms with E-state index in [9.17, 15) is 14.9 Å². The van der Waals surface area contributed by atoms with Crippen LogP contribution in [0.15, 0.2) is 18.2 Å². The molecule has 0 aliphatic heterocycles. The lowest BCUT2D eigenvalue weighted by atomic mass is 10.1. The van der Waals surface area contributed by atoms with Crippen molar-refractivity contribution in [3.8, 4) is 0 Å². The van der Waals surface area contributed by atoms with Gasteiger partial charge < -0.3 is 15.3 Å². The minimum Gasteiger partial charge on any atom is -0.477 e.